The molecule has 6 aromatic rings. The van der Waals surface area contributed by atoms with Gasteiger partial charge in [0.1, 0.15) is 0 Å². The minimum Gasteiger partial charge on any atom is -0.436 e. The molecule has 3 heteroatoms. The number of ether oxygens (including phenoxy) is 1. The molecular weight excluding hydrogens is 489 g/mol. The fourth-order valence-electron chi connectivity index (χ4n) is 4.19. The summed E-state index contributed by atoms with van der Waals surface area (Å²) in [6.45, 7) is 4.22. The van der Waals surface area contributed by atoms with E-state index in [9.17, 15) is 0 Å². The van der Waals surface area contributed by atoms with Gasteiger partial charge in [-0.15, -0.1) is 0 Å². The van der Waals surface area contributed by atoms with Crippen molar-refractivity contribution >= 4 is 67.1 Å². The van der Waals surface area contributed by atoms with Gasteiger partial charge in [0.2, 0.25) is 0 Å². The molecule has 0 atom stereocenters. The average Bonchev–Trinajstić information content (AvgIpc) is 3.50. The molecule has 0 unspecified atom stereocenters. The maximum atomic E-state index is 6.31. The molecular formula is C34H26OS2. The van der Waals surface area contributed by atoms with E-state index in [1.54, 1.807) is 22.7 Å². The quantitative estimate of drug-likeness (QED) is 0.201. The van der Waals surface area contributed by atoms with Crippen LogP contribution in [0.1, 0.15) is 33.4 Å². The van der Waals surface area contributed by atoms with Crippen LogP contribution in [0, 0.1) is 13.8 Å². The third-order valence-corrected chi connectivity index (χ3v) is 8.29. The third-order valence-electron chi connectivity index (χ3n) is 6.34. The van der Waals surface area contributed by atoms with Crippen LogP contribution in [0.15, 0.2) is 97.1 Å². The van der Waals surface area contributed by atoms with E-state index in [0.717, 1.165) is 10.1 Å². The van der Waals surface area contributed by atoms with E-state index in [-0.39, 0.29) is 0 Å². The molecule has 2 heterocycles. The zero-order valence-corrected chi connectivity index (χ0v) is 22.4. The van der Waals surface area contributed by atoms with E-state index < -0.39 is 0 Å². The Morgan fingerprint density at radius 2 is 0.838 bits per heavy atom. The molecule has 0 radical (unpaired) electrons. The van der Waals surface area contributed by atoms with Gasteiger partial charge in [0.05, 0.1) is 0 Å². The Hall–Kier alpha value is -3.92. The van der Waals surface area contributed by atoms with Crippen LogP contribution < -0.4 is 4.74 Å². The van der Waals surface area contributed by atoms with Crippen LogP contribution in [0.3, 0.4) is 0 Å². The lowest BCUT2D eigenvalue weighted by Crippen LogP contribution is -1.74. The van der Waals surface area contributed by atoms with Crippen LogP contribution in [0.4, 0.5) is 0 Å². The molecule has 0 aliphatic rings. The summed E-state index contributed by atoms with van der Waals surface area (Å²) in [5.74, 6) is 0. The second-order valence-corrected chi connectivity index (χ2v) is 11.4. The fourth-order valence-corrected chi connectivity index (χ4v) is 6.19. The van der Waals surface area contributed by atoms with Gasteiger partial charge < -0.3 is 4.74 Å². The van der Waals surface area contributed by atoms with Gasteiger partial charge in [-0.2, -0.15) is 0 Å². The van der Waals surface area contributed by atoms with Crippen molar-refractivity contribution in [3.05, 3.63) is 130 Å². The van der Waals surface area contributed by atoms with Gasteiger partial charge in [0.25, 0.3) is 0 Å². The molecule has 0 fully saturated rings. The van der Waals surface area contributed by atoms with Crippen molar-refractivity contribution in [2.75, 3.05) is 0 Å². The SMILES string of the molecule is Cc1ccc(C=Cc2ccc3cc(Oc4cc5ccc(C=Cc6ccc(C)cc6)cc5s4)sc3c2)cc1. The highest BCUT2D eigenvalue weighted by molar-refractivity contribution is 7.22. The molecule has 37 heavy (non-hydrogen) atoms. The number of benzene rings is 4. The smallest absolute Gasteiger partial charge is 0.183 e. The lowest BCUT2D eigenvalue weighted by molar-refractivity contribution is 0.512. The van der Waals surface area contributed by atoms with Crippen LogP contribution in [0.25, 0.3) is 44.5 Å². The molecule has 4 aromatic carbocycles. The molecule has 1 nitrogen and oxygen atoms in total. The number of thiophene rings is 2. The normalized spacial score (nSPS) is 11.8. The molecule has 0 saturated heterocycles. The Labute approximate surface area is 225 Å². The van der Waals surface area contributed by atoms with Crippen molar-refractivity contribution in [2.45, 2.75) is 13.8 Å². The highest BCUT2D eigenvalue weighted by Gasteiger charge is 2.08. The highest BCUT2D eigenvalue weighted by atomic mass is 32.1. The molecule has 0 N–H and O–H groups in total. The summed E-state index contributed by atoms with van der Waals surface area (Å²) >= 11 is 3.38. The minimum atomic E-state index is 0.917. The van der Waals surface area contributed by atoms with Gasteiger partial charge in [-0.3, -0.25) is 0 Å². The van der Waals surface area contributed by atoms with Gasteiger partial charge in [-0.25, -0.2) is 0 Å². The lowest BCUT2D eigenvalue weighted by atomic mass is 10.1. The molecule has 180 valence electrons. The largest absolute Gasteiger partial charge is 0.436 e. The second kappa shape index (κ2) is 10.2. The van der Waals surface area contributed by atoms with E-state index in [2.05, 4.69) is 135 Å². The van der Waals surface area contributed by atoms with E-state index >= 15 is 0 Å². The Balaban J connectivity index is 1.18. The topological polar surface area (TPSA) is 9.23 Å². The van der Waals surface area contributed by atoms with E-state index in [4.69, 9.17) is 4.74 Å². The Morgan fingerprint density at radius 1 is 0.459 bits per heavy atom. The van der Waals surface area contributed by atoms with Crippen LogP contribution in [0.5, 0.6) is 10.1 Å². The molecule has 0 bridgehead atoms. The fraction of sp³-hybridized carbons (Fsp3) is 0.0588. The minimum absolute atomic E-state index is 0.917. The maximum Gasteiger partial charge on any atom is 0.183 e. The predicted molar refractivity (Wildman–Crippen MR) is 164 cm³/mol. The monoisotopic (exact) mass is 514 g/mol. The van der Waals surface area contributed by atoms with Crippen molar-refractivity contribution in [1.29, 1.82) is 0 Å². The van der Waals surface area contributed by atoms with Crippen LogP contribution in [-0.2, 0) is 0 Å². The van der Waals surface area contributed by atoms with Crippen LogP contribution >= 0.6 is 22.7 Å². The first-order valence-electron chi connectivity index (χ1n) is 12.3. The summed E-state index contributed by atoms with van der Waals surface area (Å²) in [5.41, 5.74) is 7.35. The summed E-state index contributed by atoms with van der Waals surface area (Å²) < 4.78 is 8.77. The van der Waals surface area contributed by atoms with Gasteiger partial charge in [-0.05, 0) is 59.0 Å². The number of hydrogen-bond acceptors (Lipinski definition) is 3. The Morgan fingerprint density at radius 3 is 1.27 bits per heavy atom. The summed E-state index contributed by atoms with van der Waals surface area (Å²) in [6.07, 6.45) is 8.66. The molecule has 0 spiro atoms. The Bertz CT molecular complexity index is 1610. The second-order valence-electron chi connectivity index (χ2n) is 9.32. The van der Waals surface area contributed by atoms with Crippen molar-refractivity contribution in [1.82, 2.24) is 0 Å². The predicted octanol–water partition coefficient (Wildman–Crippen LogP) is 10.9. The summed E-state index contributed by atoms with van der Waals surface area (Å²) in [5, 5.41) is 4.25. The van der Waals surface area contributed by atoms with E-state index in [0.29, 0.717) is 0 Å². The number of fused-ring (bicyclic) bond motifs is 2. The van der Waals surface area contributed by atoms with Gasteiger partial charge in [0, 0.05) is 21.5 Å². The summed E-state index contributed by atoms with van der Waals surface area (Å²) in [6, 6.07) is 34.6. The number of aryl methyl sites for hydroxylation is 2. The lowest BCUT2D eigenvalue weighted by Gasteiger charge is -1.96. The van der Waals surface area contributed by atoms with Crippen molar-refractivity contribution in [3.8, 4) is 10.1 Å². The summed E-state index contributed by atoms with van der Waals surface area (Å²) in [4.78, 5) is 0. The van der Waals surface area contributed by atoms with E-state index in [1.165, 1.54) is 53.6 Å². The van der Waals surface area contributed by atoms with Crippen molar-refractivity contribution < 1.29 is 4.74 Å². The van der Waals surface area contributed by atoms with Crippen molar-refractivity contribution in [3.63, 3.8) is 0 Å². The molecule has 2 aromatic heterocycles. The summed E-state index contributed by atoms with van der Waals surface area (Å²) in [7, 11) is 0. The molecule has 0 saturated carbocycles. The highest BCUT2D eigenvalue weighted by Crippen LogP contribution is 2.40. The Kier molecular flexibility index (Phi) is 6.48. The molecule has 0 aliphatic carbocycles. The van der Waals surface area contributed by atoms with Gasteiger partial charge in [-0.1, -0.05) is 131 Å². The first-order valence-corrected chi connectivity index (χ1v) is 14.0. The van der Waals surface area contributed by atoms with Crippen LogP contribution in [0.2, 0.25) is 0 Å². The van der Waals surface area contributed by atoms with E-state index in [1.807, 2.05) is 0 Å². The molecule has 6 rings (SSSR count). The standard InChI is InChI=1S/C34H26OS2/c1-23-3-7-25(8-4-23)11-13-27-15-17-29-21-33(36-31(29)19-27)35-34-22-30-18-16-28(20-32(30)37-34)14-12-26-9-5-24(2)6-10-26/h3-22H,1-2H3. The number of rotatable bonds is 6. The van der Waals surface area contributed by atoms with Gasteiger partial charge >= 0.3 is 0 Å². The van der Waals surface area contributed by atoms with Crippen LogP contribution in [-0.4, -0.2) is 0 Å². The van der Waals surface area contributed by atoms with Gasteiger partial charge in [0.15, 0.2) is 10.1 Å². The zero-order valence-electron chi connectivity index (χ0n) is 20.8. The maximum absolute atomic E-state index is 6.31. The number of hydrogen-bond donors (Lipinski definition) is 0. The first kappa shape index (κ1) is 23.5. The third kappa shape index (κ3) is 5.59. The average molecular weight is 515 g/mol. The molecule has 0 aliphatic heterocycles. The molecule has 0 amide bonds. The van der Waals surface area contributed by atoms with Crippen molar-refractivity contribution in [2.24, 2.45) is 0 Å². The first-order chi connectivity index (χ1) is 18.1. The zero-order chi connectivity index (χ0) is 25.2.